The van der Waals surface area contributed by atoms with Gasteiger partial charge in [0.15, 0.2) is 5.78 Å². The minimum Gasteiger partial charge on any atom is -0.487 e. The molecule has 4 rings (SSSR count). The Bertz CT molecular complexity index is 1100. The average molecular weight is 411 g/mol. The third kappa shape index (κ3) is 4.02. The van der Waals surface area contributed by atoms with Gasteiger partial charge >= 0.3 is 0 Å². The Balaban J connectivity index is 1.49. The van der Waals surface area contributed by atoms with E-state index in [1.165, 1.54) is 42.8 Å². The Morgan fingerprint density at radius 3 is 2.79 bits per heavy atom. The van der Waals surface area contributed by atoms with Crippen LogP contribution in [0.3, 0.4) is 0 Å². The Labute approximate surface area is 170 Å². The molecular formula is C21H18FN3O3S. The minimum atomic E-state index is -0.361. The molecular weight excluding hydrogens is 393 g/mol. The number of amides is 1. The maximum Gasteiger partial charge on any atom is 0.271 e. The first-order valence-corrected chi connectivity index (χ1v) is 9.89. The summed E-state index contributed by atoms with van der Waals surface area (Å²) >= 11 is 1.31. The van der Waals surface area contributed by atoms with E-state index in [2.05, 4.69) is 15.3 Å². The first-order chi connectivity index (χ1) is 13.9. The summed E-state index contributed by atoms with van der Waals surface area (Å²) in [6, 6.07) is 6.39. The van der Waals surface area contributed by atoms with Crippen molar-refractivity contribution in [1.82, 2.24) is 15.3 Å². The van der Waals surface area contributed by atoms with E-state index in [9.17, 15) is 14.0 Å². The summed E-state index contributed by atoms with van der Waals surface area (Å²) in [6.45, 7) is 3.55. The highest BCUT2D eigenvalue weighted by Gasteiger charge is 2.28. The lowest BCUT2D eigenvalue weighted by Crippen LogP contribution is -2.34. The van der Waals surface area contributed by atoms with Gasteiger partial charge in [0.2, 0.25) is 0 Å². The van der Waals surface area contributed by atoms with E-state index in [1.807, 2.05) is 0 Å². The number of ketones is 1. The van der Waals surface area contributed by atoms with Crippen LogP contribution < -0.4 is 10.1 Å². The summed E-state index contributed by atoms with van der Waals surface area (Å²) < 4.78 is 20.2. The number of ether oxygens (including phenoxy) is 1. The number of carbonyl (C=O) groups excluding carboxylic acids is 2. The summed E-state index contributed by atoms with van der Waals surface area (Å²) in [5.74, 6) is -0.139. The molecule has 0 radical (unpaired) electrons. The Kier molecular flexibility index (Phi) is 5.10. The highest BCUT2D eigenvalue weighted by molar-refractivity contribution is 7.17. The lowest BCUT2D eigenvalue weighted by molar-refractivity contribution is 0.0927. The van der Waals surface area contributed by atoms with Crippen molar-refractivity contribution in [1.29, 1.82) is 0 Å². The van der Waals surface area contributed by atoms with Crippen molar-refractivity contribution in [2.24, 2.45) is 0 Å². The molecule has 0 bridgehead atoms. The molecule has 3 aromatic rings. The molecule has 1 aromatic carbocycles. The lowest BCUT2D eigenvalue weighted by atomic mass is 10.0. The Morgan fingerprint density at radius 1 is 1.28 bits per heavy atom. The van der Waals surface area contributed by atoms with Crippen LogP contribution in [0, 0.1) is 12.7 Å². The van der Waals surface area contributed by atoms with Gasteiger partial charge in [-0.25, -0.2) is 9.37 Å². The van der Waals surface area contributed by atoms with E-state index in [1.54, 1.807) is 19.1 Å². The van der Waals surface area contributed by atoms with Crippen LogP contribution in [-0.2, 0) is 6.42 Å². The molecule has 1 amide bonds. The maximum atomic E-state index is 14.2. The van der Waals surface area contributed by atoms with Crippen molar-refractivity contribution in [2.45, 2.75) is 26.4 Å². The molecule has 0 fully saturated rings. The number of hydrogen-bond donors (Lipinski definition) is 1. The smallest absolute Gasteiger partial charge is 0.271 e. The molecule has 1 aliphatic rings. The number of aromatic nitrogens is 2. The molecule has 0 spiro atoms. The molecule has 6 nitrogen and oxygen atoms in total. The van der Waals surface area contributed by atoms with Gasteiger partial charge in [0.05, 0.1) is 23.3 Å². The second-order valence-electron chi connectivity index (χ2n) is 6.86. The fourth-order valence-corrected chi connectivity index (χ4v) is 4.08. The minimum absolute atomic E-state index is 0.0324. The number of Topliss-reactive ketones (excluding diaryl/α,β-unsaturated/α-hetero) is 1. The van der Waals surface area contributed by atoms with Crippen molar-refractivity contribution >= 4 is 23.0 Å². The van der Waals surface area contributed by atoms with Gasteiger partial charge in [-0.05, 0) is 38.1 Å². The molecule has 29 heavy (non-hydrogen) atoms. The van der Waals surface area contributed by atoms with Crippen LogP contribution in [-0.4, -0.2) is 34.3 Å². The van der Waals surface area contributed by atoms with Gasteiger partial charge in [-0.15, -0.1) is 11.3 Å². The third-order valence-electron chi connectivity index (χ3n) is 4.59. The van der Waals surface area contributed by atoms with E-state index in [4.69, 9.17) is 4.74 Å². The number of nitrogens with one attached hydrogen (secondary N) is 1. The Hall–Kier alpha value is -3.13. The number of halogens is 1. The van der Waals surface area contributed by atoms with Gasteiger partial charge in [-0.1, -0.05) is 0 Å². The van der Waals surface area contributed by atoms with Gasteiger partial charge in [0.25, 0.3) is 5.91 Å². The van der Waals surface area contributed by atoms with Crippen LogP contribution in [0.1, 0.15) is 38.3 Å². The average Bonchev–Trinajstić information content (AvgIpc) is 3.33. The van der Waals surface area contributed by atoms with Crippen molar-refractivity contribution in [3.63, 3.8) is 0 Å². The van der Waals surface area contributed by atoms with Gasteiger partial charge < -0.3 is 10.1 Å². The van der Waals surface area contributed by atoms with E-state index in [0.717, 1.165) is 16.1 Å². The van der Waals surface area contributed by atoms with Crippen LogP contribution in [0.5, 0.6) is 5.75 Å². The maximum absolute atomic E-state index is 14.2. The van der Waals surface area contributed by atoms with E-state index < -0.39 is 0 Å². The van der Waals surface area contributed by atoms with Crippen LogP contribution in [0.4, 0.5) is 4.39 Å². The third-order valence-corrected chi connectivity index (χ3v) is 5.80. The van der Waals surface area contributed by atoms with Gasteiger partial charge in [-0.2, -0.15) is 0 Å². The molecule has 0 saturated carbocycles. The molecule has 0 aliphatic carbocycles. The van der Waals surface area contributed by atoms with Crippen molar-refractivity contribution in [2.75, 3.05) is 6.54 Å². The fourth-order valence-electron chi connectivity index (χ4n) is 3.17. The van der Waals surface area contributed by atoms with Gasteiger partial charge in [0, 0.05) is 28.6 Å². The number of hydrogen-bond acceptors (Lipinski definition) is 6. The number of benzene rings is 1. The largest absolute Gasteiger partial charge is 0.487 e. The molecule has 148 valence electrons. The number of carbonyl (C=O) groups is 2. The van der Waals surface area contributed by atoms with E-state index in [-0.39, 0.29) is 35.9 Å². The molecule has 0 saturated heterocycles. The zero-order valence-electron chi connectivity index (χ0n) is 15.9. The lowest BCUT2D eigenvalue weighted by Gasteiger charge is -2.13. The predicted molar refractivity (Wildman–Crippen MR) is 107 cm³/mol. The number of fused-ring (bicyclic) bond motifs is 1. The van der Waals surface area contributed by atoms with Gasteiger partial charge in [0.1, 0.15) is 23.4 Å². The highest BCUT2D eigenvalue weighted by atomic mass is 32.1. The number of aryl methyl sites for hydroxylation is 1. The fraction of sp³-hybridized carbons (Fsp3) is 0.238. The summed E-state index contributed by atoms with van der Waals surface area (Å²) in [7, 11) is 0. The zero-order chi connectivity index (χ0) is 20.5. The summed E-state index contributed by atoms with van der Waals surface area (Å²) in [6.07, 6.45) is 3.11. The monoisotopic (exact) mass is 411 g/mol. The van der Waals surface area contributed by atoms with Gasteiger partial charge in [-0.3, -0.25) is 14.6 Å². The second-order valence-corrected chi connectivity index (χ2v) is 7.94. The van der Waals surface area contributed by atoms with Crippen LogP contribution in [0.2, 0.25) is 0 Å². The highest BCUT2D eigenvalue weighted by Crippen LogP contribution is 2.42. The van der Waals surface area contributed by atoms with Crippen molar-refractivity contribution in [3.8, 4) is 16.2 Å². The SMILES string of the molecule is CC(=O)c1ccc(-c2cc(F)cc3c2O[C@@H](CNC(=O)c2cnc(C)cn2)C3)s1. The summed E-state index contributed by atoms with van der Waals surface area (Å²) in [5, 5.41) is 2.79. The molecule has 3 heterocycles. The quantitative estimate of drug-likeness (QED) is 0.649. The van der Waals surface area contributed by atoms with Crippen molar-refractivity contribution in [3.05, 3.63) is 64.3 Å². The summed E-state index contributed by atoms with van der Waals surface area (Å²) in [5.41, 5.74) is 2.32. The van der Waals surface area contributed by atoms with Crippen molar-refractivity contribution < 1.29 is 18.7 Å². The molecule has 1 N–H and O–H groups in total. The van der Waals surface area contributed by atoms with Crippen LogP contribution >= 0.6 is 11.3 Å². The molecule has 1 aliphatic heterocycles. The molecule has 8 heteroatoms. The topological polar surface area (TPSA) is 81.2 Å². The first-order valence-electron chi connectivity index (χ1n) is 9.08. The number of thiophene rings is 1. The zero-order valence-corrected chi connectivity index (χ0v) is 16.7. The van der Waals surface area contributed by atoms with E-state index >= 15 is 0 Å². The Morgan fingerprint density at radius 2 is 2.10 bits per heavy atom. The normalized spacial score (nSPS) is 14.9. The number of nitrogens with zero attached hydrogens (tertiary/aromatic N) is 2. The molecule has 1 atom stereocenters. The van der Waals surface area contributed by atoms with Crippen LogP contribution in [0.25, 0.3) is 10.4 Å². The van der Waals surface area contributed by atoms with E-state index in [0.29, 0.717) is 22.6 Å². The number of rotatable bonds is 5. The molecule has 0 unspecified atom stereocenters. The molecule has 2 aromatic heterocycles. The summed E-state index contributed by atoms with van der Waals surface area (Å²) in [4.78, 5) is 33.3. The first kappa shape index (κ1) is 19.2. The standard InChI is InChI=1S/C21H18FN3O3S/c1-11-8-24-17(10-23-11)21(27)25-9-15-6-13-5-14(22)7-16(20(13)28-15)19-4-3-18(29-19)12(2)26/h3-5,7-8,10,15H,6,9H2,1-2H3,(H,25,27)/t15-/m1/s1. The predicted octanol–water partition coefficient (Wildman–Crippen LogP) is 3.59. The second kappa shape index (κ2) is 7.71. The van der Waals surface area contributed by atoms with Crippen LogP contribution in [0.15, 0.2) is 36.7 Å².